The zero-order valence-corrected chi connectivity index (χ0v) is 12.3. The second-order valence-corrected chi connectivity index (χ2v) is 5.72. The van der Waals surface area contributed by atoms with Crippen molar-refractivity contribution >= 4 is 0 Å². The number of hydrogen-bond donors (Lipinski definition) is 1. The SMILES string of the molecule is CCc1ccc(OC)c(CC2(C)CNCCOC2)c1. The van der Waals surface area contributed by atoms with Gasteiger partial charge in [0.15, 0.2) is 0 Å². The molecule has 106 valence electrons. The smallest absolute Gasteiger partial charge is 0.122 e. The van der Waals surface area contributed by atoms with Crippen molar-refractivity contribution in [3.05, 3.63) is 29.3 Å². The van der Waals surface area contributed by atoms with Crippen LogP contribution < -0.4 is 10.1 Å². The fraction of sp³-hybridized carbons (Fsp3) is 0.625. The maximum Gasteiger partial charge on any atom is 0.122 e. The fourth-order valence-electron chi connectivity index (χ4n) is 2.67. The van der Waals surface area contributed by atoms with E-state index in [1.54, 1.807) is 7.11 Å². The van der Waals surface area contributed by atoms with Crippen molar-refractivity contribution < 1.29 is 9.47 Å². The third kappa shape index (κ3) is 3.71. The maximum absolute atomic E-state index is 5.71. The van der Waals surface area contributed by atoms with Gasteiger partial charge in [-0.25, -0.2) is 0 Å². The van der Waals surface area contributed by atoms with E-state index >= 15 is 0 Å². The molecule has 0 saturated carbocycles. The van der Waals surface area contributed by atoms with Crippen molar-refractivity contribution in [2.24, 2.45) is 5.41 Å². The van der Waals surface area contributed by atoms with Gasteiger partial charge in [-0.1, -0.05) is 26.0 Å². The summed E-state index contributed by atoms with van der Waals surface area (Å²) in [6.45, 7) is 8.02. The molecule has 0 bridgehead atoms. The number of benzene rings is 1. The summed E-state index contributed by atoms with van der Waals surface area (Å²) in [5.74, 6) is 0.989. The molecule has 3 nitrogen and oxygen atoms in total. The first-order chi connectivity index (χ1) is 9.17. The highest BCUT2D eigenvalue weighted by molar-refractivity contribution is 5.38. The third-order valence-electron chi connectivity index (χ3n) is 3.80. The first-order valence-corrected chi connectivity index (χ1v) is 7.11. The first kappa shape index (κ1) is 14.4. The molecule has 1 aromatic rings. The summed E-state index contributed by atoms with van der Waals surface area (Å²) in [4.78, 5) is 0. The number of nitrogens with one attached hydrogen (secondary N) is 1. The molecule has 0 amide bonds. The minimum atomic E-state index is 0.135. The third-order valence-corrected chi connectivity index (χ3v) is 3.80. The van der Waals surface area contributed by atoms with E-state index in [-0.39, 0.29) is 5.41 Å². The number of methoxy groups -OCH3 is 1. The maximum atomic E-state index is 5.71. The Labute approximate surface area is 116 Å². The molecule has 0 aliphatic carbocycles. The van der Waals surface area contributed by atoms with Crippen LogP contribution in [0.4, 0.5) is 0 Å². The van der Waals surface area contributed by atoms with Gasteiger partial charge in [0.25, 0.3) is 0 Å². The van der Waals surface area contributed by atoms with E-state index in [1.807, 2.05) is 0 Å². The van der Waals surface area contributed by atoms with E-state index in [4.69, 9.17) is 9.47 Å². The largest absolute Gasteiger partial charge is 0.496 e. The number of aryl methyl sites for hydroxylation is 1. The van der Waals surface area contributed by atoms with Crippen LogP contribution in [0.2, 0.25) is 0 Å². The van der Waals surface area contributed by atoms with Gasteiger partial charge in [-0.15, -0.1) is 0 Å². The van der Waals surface area contributed by atoms with Crippen LogP contribution in [-0.2, 0) is 17.6 Å². The Morgan fingerprint density at radius 3 is 3.00 bits per heavy atom. The summed E-state index contributed by atoms with van der Waals surface area (Å²) in [5.41, 5.74) is 2.79. The Balaban J connectivity index is 2.20. The van der Waals surface area contributed by atoms with E-state index in [9.17, 15) is 0 Å². The van der Waals surface area contributed by atoms with Crippen LogP contribution in [0.3, 0.4) is 0 Å². The van der Waals surface area contributed by atoms with Crippen molar-refractivity contribution in [2.45, 2.75) is 26.7 Å². The lowest BCUT2D eigenvalue weighted by Gasteiger charge is -2.28. The molecule has 1 aliphatic rings. The molecule has 2 rings (SSSR count). The number of hydrogen-bond acceptors (Lipinski definition) is 3. The first-order valence-electron chi connectivity index (χ1n) is 7.11. The standard InChI is InChI=1S/C16H25NO2/c1-4-13-5-6-15(18-3)14(9-13)10-16(2)11-17-7-8-19-12-16/h5-6,9,17H,4,7-8,10-12H2,1-3H3. The molecule has 0 radical (unpaired) electrons. The molecule has 3 heteroatoms. The Morgan fingerprint density at radius 1 is 1.42 bits per heavy atom. The van der Waals surface area contributed by atoms with E-state index in [0.29, 0.717) is 0 Å². The fourth-order valence-corrected chi connectivity index (χ4v) is 2.67. The molecule has 1 aliphatic heterocycles. The average molecular weight is 263 g/mol. The Kier molecular flexibility index (Phi) is 4.83. The van der Waals surface area contributed by atoms with Crippen LogP contribution in [0, 0.1) is 5.41 Å². The van der Waals surface area contributed by atoms with Gasteiger partial charge in [0.1, 0.15) is 5.75 Å². The molecule has 1 unspecified atom stereocenters. The topological polar surface area (TPSA) is 30.5 Å². The van der Waals surface area contributed by atoms with Crippen molar-refractivity contribution in [3.8, 4) is 5.75 Å². The lowest BCUT2D eigenvalue weighted by atomic mass is 9.83. The number of ether oxygens (including phenoxy) is 2. The predicted molar refractivity (Wildman–Crippen MR) is 77.9 cm³/mol. The summed E-state index contributed by atoms with van der Waals surface area (Å²) in [6, 6.07) is 6.50. The van der Waals surface area contributed by atoms with Crippen LogP contribution >= 0.6 is 0 Å². The molecule has 1 N–H and O–H groups in total. The molecule has 1 atom stereocenters. The lowest BCUT2D eigenvalue weighted by Crippen LogP contribution is -2.34. The molecule has 1 fully saturated rings. The van der Waals surface area contributed by atoms with Gasteiger partial charge < -0.3 is 14.8 Å². The summed E-state index contributed by atoms with van der Waals surface area (Å²) in [5, 5.41) is 3.46. The second kappa shape index (κ2) is 6.40. The minimum absolute atomic E-state index is 0.135. The predicted octanol–water partition coefficient (Wildman–Crippen LogP) is 2.43. The van der Waals surface area contributed by atoms with E-state index in [1.165, 1.54) is 11.1 Å². The number of rotatable bonds is 4. The van der Waals surface area contributed by atoms with Crippen LogP contribution in [0.15, 0.2) is 18.2 Å². The van der Waals surface area contributed by atoms with Gasteiger partial charge in [0.05, 0.1) is 20.3 Å². The Morgan fingerprint density at radius 2 is 2.26 bits per heavy atom. The van der Waals surface area contributed by atoms with Crippen molar-refractivity contribution in [1.82, 2.24) is 5.32 Å². The van der Waals surface area contributed by atoms with Crippen LogP contribution in [0.5, 0.6) is 5.75 Å². The van der Waals surface area contributed by atoms with E-state index in [2.05, 4.69) is 37.4 Å². The van der Waals surface area contributed by atoms with Crippen LogP contribution in [0.25, 0.3) is 0 Å². The summed E-state index contributed by atoms with van der Waals surface area (Å²) < 4.78 is 11.2. The highest BCUT2D eigenvalue weighted by Crippen LogP contribution is 2.30. The van der Waals surface area contributed by atoms with Gasteiger partial charge in [0, 0.05) is 18.5 Å². The van der Waals surface area contributed by atoms with Crippen molar-refractivity contribution in [2.75, 3.05) is 33.4 Å². The van der Waals surface area contributed by atoms with Gasteiger partial charge >= 0.3 is 0 Å². The van der Waals surface area contributed by atoms with Gasteiger partial charge in [-0.3, -0.25) is 0 Å². The normalized spacial score (nSPS) is 23.9. The van der Waals surface area contributed by atoms with Gasteiger partial charge in [-0.05, 0) is 30.0 Å². The van der Waals surface area contributed by atoms with Crippen LogP contribution in [-0.4, -0.2) is 33.4 Å². The quantitative estimate of drug-likeness (QED) is 0.905. The molecule has 1 aromatic carbocycles. The summed E-state index contributed by atoms with van der Waals surface area (Å²) in [6.07, 6.45) is 2.04. The Hall–Kier alpha value is -1.06. The zero-order chi connectivity index (χ0) is 13.7. The monoisotopic (exact) mass is 263 g/mol. The molecule has 0 aromatic heterocycles. The van der Waals surface area contributed by atoms with E-state index < -0.39 is 0 Å². The minimum Gasteiger partial charge on any atom is -0.496 e. The summed E-state index contributed by atoms with van der Waals surface area (Å²) >= 11 is 0. The highest BCUT2D eigenvalue weighted by Gasteiger charge is 2.28. The molecule has 1 saturated heterocycles. The average Bonchev–Trinajstić information content (AvgIpc) is 2.63. The van der Waals surface area contributed by atoms with Crippen molar-refractivity contribution in [1.29, 1.82) is 0 Å². The zero-order valence-electron chi connectivity index (χ0n) is 12.3. The molecule has 1 heterocycles. The second-order valence-electron chi connectivity index (χ2n) is 5.72. The molecular formula is C16H25NO2. The molecular weight excluding hydrogens is 238 g/mol. The van der Waals surface area contributed by atoms with Gasteiger partial charge in [-0.2, -0.15) is 0 Å². The molecule has 19 heavy (non-hydrogen) atoms. The van der Waals surface area contributed by atoms with Gasteiger partial charge in [0.2, 0.25) is 0 Å². The van der Waals surface area contributed by atoms with E-state index in [0.717, 1.165) is 44.9 Å². The van der Waals surface area contributed by atoms with Crippen molar-refractivity contribution in [3.63, 3.8) is 0 Å². The Bertz CT molecular complexity index is 409. The highest BCUT2D eigenvalue weighted by atomic mass is 16.5. The summed E-state index contributed by atoms with van der Waals surface area (Å²) in [7, 11) is 1.74. The lowest BCUT2D eigenvalue weighted by molar-refractivity contribution is 0.0793. The van der Waals surface area contributed by atoms with Crippen LogP contribution in [0.1, 0.15) is 25.0 Å². The molecule has 0 spiro atoms.